The quantitative estimate of drug-likeness (QED) is 0.327. The van der Waals surface area contributed by atoms with Crippen LogP contribution in [0.3, 0.4) is 0 Å². The largest absolute Gasteiger partial charge is 0.495 e. The number of benzene rings is 2. The molecule has 12 heteroatoms. The Labute approximate surface area is 195 Å². The summed E-state index contributed by atoms with van der Waals surface area (Å²) in [6.07, 6.45) is 0. The number of carbonyl (C=O) groups is 2. The van der Waals surface area contributed by atoms with E-state index in [2.05, 4.69) is 20.8 Å². The third-order valence-corrected chi connectivity index (χ3v) is 6.32. The summed E-state index contributed by atoms with van der Waals surface area (Å²) in [5.41, 5.74) is 0.737. The van der Waals surface area contributed by atoms with E-state index < -0.39 is 5.91 Å². The maximum atomic E-state index is 12.3. The monoisotopic (exact) mass is 502 g/mol. The summed E-state index contributed by atoms with van der Waals surface area (Å²) in [4.78, 5) is 24.5. The van der Waals surface area contributed by atoms with E-state index in [0.29, 0.717) is 25.8 Å². The Balaban J connectivity index is 1.56. The minimum Gasteiger partial charge on any atom is -0.495 e. The molecule has 1 aromatic heterocycles. The van der Waals surface area contributed by atoms with E-state index in [4.69, 9.17) is 39.5 Å². The van der Waals surface area contributed by atoms with Crippen molar-refractivity contribution in [3.05, 3.63) is 57.0 Å². The summed E-state index contributed by atoms with van der Waals surface area (Å²) in [6.45, 7) is 0. The van der Waals surface area contributed by atoms with Crippen LogP contribution in [0.2, 0.25) is 15.1 Å². The number of hydrogen-bond acceptors (Lipinski definition) is 7. The number of nitrogens with one attached hydrogen (secondary N) is 2. The van der Waals surface area contributed by atoms with Gasteiger partial charge >= 0.3 is 0 Å². The van der Waals surface area contributed by atoms with E-state index >= 15 is 0 Å². The maximum absolute atomic E-state index is 12.3. The van der Waals surface area contributed by atoms with E-state index in [1.165, 1.54) is 31.0 Å². The fraction of sp³-hybridized carbons (Fsp3) is 0.111. The number of anilines is 2. The number of methoxy groups -OCH3 is 1. The summed E-state index contributed by atoms with van der Waals surface area (Å²) in [7, 11) is 1.50. The van der Waals surface area contributed by atoms with Crippen LogP contribution in [-0.2, 0) is 4.79 Å². The Bertz CT molecular complexity index is 1090. The molecule has 3 aromatic rings. The molecule has 0 aliphatic heterocycles. The summed E-state index contributed by atoms with van der Waals surface area (Å²) in [5.74, 6) is -0.120. The third kappa shape index (κ3) is 5.99. The smallest absolute Gasteiger partial charge is 0.259 e. The van der Waals surface area contributed by atoms with Crippen LogP contribution < -0.4 is 15.4 Å². The van der Waals surface area contributed by atoms with Gasteiger partial charge in [-0.3, -0.25) is 14.9 Å². The molecule has 3 rings (SSSR count). The van der Waals surface area contributed by atoms with Crippen molar-refractivity contribution in [2.24, 2.45) is 0 Å². The van der Waals surface area contributed by atoms with Crippen molar-refractivity contribution in [1.29, 1.82) is 0 Å². The molecule has 0 fully saturated rings. The maximum Gasteiger partial charge on any atom is 0.259 e. The number of ether oxygens (including phenoxy) is 1. The lowest BCUT2D eigenvalue weighted by Crippen LogP contribution is -2.14. The lowest BCUT2D eigenvalue weighted by atomic mass is 10.2. The second kappa shape index (κ2) is 10.3. The van der Waals surface area contributed by atoms with Crippen molar-refractivity contribution in [2.75, 3.05) is 23.5 Å². The minimum atomic E-state index is -0.435. The highest BCUT2D eigenvalue weighted by atomic mass is 35.5. The van der Waals surface area contributed by atoms with Gasteiger partial charge in [0.05, 0.1) is 29.1 Å². The summed E-state index contributed by atoms with van der Waals surface area (Å²) in [6, 6.07) is 9.50. The van der Waals surface area contributed by atoms with Crippen LogP contribution in [-0.4, -0.2) is 34.9 Å². The van der Waals surface area contributed by atoms with E-state index in [9.17, 15) is 9.59 Å². The van der Waals surface area contributed by atoms with Crippen molar-refractivity contribution < 1.29 is 14.3 Å². The Kier molecular flexibility index (Phi) is 7.79. The molecular formula is C18H13Cl3N4O3S2. The van der Waals surface area contributed by atoms with Gasteiger partial charge in [0, 0.05) is 10.0 Å². The fourth-order valence-electron chi connectivity index (χ4n) is 2.25. The molecule has 2 amide bonds. The first-order valence-electron chi connectivity index (χ1n) is 8.22. The number of aromatic nitrogens is 2. The van der Waals surface area contributed by atoms with Crippen LogP contribution in [0.15, 0.2) is 40.7 Å². The average Bonchev–Trinajstić information content (AvgIpc) is 3.14. The lowest BCUT2D eigenvalue weighted by Gasteiger charge is -2.09. The van der Waals surface area contributed by atoms with E-state index in [0.717, 1.165) is 11.3 Å². The van der Waals surface area contributed by atoms with Crippen LogP contribution >= 0.6 is 57.9 Å². The van der Waals surface area contributed by atoms with Crippen molar-refractivity contribution in [1.82, 2.24) is 10.2 Å². The normalized spacial score (nSPS) is 10.5. The first-order chi connectivity index (χ1) is 14.4. The zero-order valence-electron chi connectivity index (χ0n) is 15.2. The van der Waals surface area contributed by atoms with Crippen LogP contribution in [0.25, 0.3) is 0 Å². The van der Waals surface area contributed by atoms with Crippen LogP contribution in [0, 0.1) is 0 Å². The van der Waals surface area contributed by atoms with Gasteiger partial charge in [0.2, 0.25) is 11.0 Å². The lowest BCUT2D eigenvalue weighted by molar-refractivity contribution is -0.113. The molecular weight excluding hydrogens is 491 g/mol. The first-order valence-corrected chi connectivity index (χ1v) is 11.2. The highest BCUT2D eigenvalue weighted by molar-refractivity contribution is 8.01. The number of thioether (sulfide) groups is 1. The van der Waals surface area contributed by atoms with E-state index in [-0.39, 0.29) is 27.4 Å². The van der Waals surface area contributed by atoms with Gasteiger partial charge in [-0.15, -0.1) is 10.2 Å². The molecule has 0 radical (unpaired) electrons. The van der Waals surface area contributed by atoms with Gasteiger partial charge in [0.1, 0.15) is 5.75 Å². The van der Waals surface area contributed by atoms with Crippen molar-refractivity contribution in [3.8, 4) is 5.75 Å². The van der Waals surface area contributed by atoms with Gasteiger partial charge in [0.25, 0.3) is 5.91 Å². The van der Waals surface area contributed by atoms with Crippen molar-refractivity contribution in [3.63, 3.8) is 0 Å². The number of amides is 2. The summed E-state index contributed by atoms with van der Waals surface area (Å²) < 4.78 is 5.71. The molecule has 2 aromatic carbocycles. The topological polar surface area (TPSA) is 93.2 Å². The number of nitrogens with zero attached hydrogens (tertiary/aromatic N) is 2. The molecule has 1 heterocycles. The molecule has 0 bridgehead atoms. The highest BCUT2D eigenvalue weighted by Crippen LogP contribution is 2.30. The van der Waals surface area contributed by atoms with Gasteiger partial charge in [-0.05, 0) is 36.4 Å². The van der Waals surface area contributed by atoms with E-state index in [1.54, 1.807) is 24.3 Å². The Morgan fingerprint density at radius 1 is 1.07 bits per heavy atom. The molecule has 0 aliphatic carbocycles. The number of halogens is 3. The van der Waals surface area contributed by atoms with Crippen LogP contribution in [0.5, 0.6) is 5.75 Å². The Hall–Kier alpha value is -2.04. The summed E-state index contributed by atoms with van der Waals surface area (Å²) >= 11 is 20.1. The molecule has 0 spiro atoms. The molecule has 2 N–H and O–H groups in total. The molecule has 30 heavy (non-hydrogen) atoms. The molecule has 0 unspecified atom stereocenters. The van der Waals surface area contributed by atoms with Gasteiger partial charge in [-0.1, -0.05) is 57.9 Å². The predicted molar refractivity (Wildman–Crippen MR) is 122 cm³/mol. The van der Waals surface area contributed by atoms with Crippen LogP contribution in [0.4, 0.5) is 10.8 Å². The predicted octanol–water partition coefficient (Wildman–Crippen LogP) is 5.49. The van der Waals surface area contributed by atoms with E-state index in [1.807, 2.05) is 0 Å². The Morgan fingerprint density at radius 3 is 2.53 bits per heavy atom. The SMILES string of the molecule is COc1ccc(Cl)cc1NC(=O)CSc1nnc(NC(=O)c2ccc(Cl)cc2Cl)s1. The molecule has 0 saturated heterocycles. The van der Waals surface area contributed by atoms with Gasteiger partial charge in [0.15, 0.2) is 4.34 Å². The van der Waals surface area contributed by atoms with Gasteiger partial charge < -0.3 is 10.1 Å². The number of hydrogen-bond donors (Lipinski definition) is 2. The molecule has 0 aliphatic rings. The molecule has 0 saturated carbocycles. The molecule has 7 nitrogen and oxygen atoms in total. The average molecular weight is 504 g/mol. The fourth-order valence-corrected chi connectivity index (χ4v) is 4.46. The van der Waals surface area contributed by atoms with Crippen LogP contribution in [0.1, 0.15) is 10.4 Å². The zero-order valence-corrected chi connectivity index (χ0v) is 19.1. The summed E-state index contributed by atoms with van der Waals surface area (Å²) in [5, 5.41) is 14.6. The number of rotatable bonds is 7. The highest BCUT2D eigenvalue weighted by Gasteiger charge is 2.15. The third-order valence-electron chi connectivity index (χ3n) is 3.57. The number of carbonyl (C=O) groups excluding carboxylic acids is 2. The van der Waals surface area contributed by atoms with Crippen molar-refractivity contribution in [2.45, 2.75) is 4.34 Å². The Morgan fingerprint density at radius 2 is 1.80 bits per heavy atom. The second-order valence-electron chi connectivity index (χ2n) is 5.63. The zero-order chi connectivity index (χ0) is 21.7. The molecule has 0 atom stereocenters. The van der Waals surface area contributed by atoms with Crippen molar-refractivity contribution >= 4 is 80.5 Å². The molecule has 156 valence electrons. The van der Waals surface area contributed by atoms with Gasteiger partial charge in [-0.25, -0.2) is 0 Å². The standard InChI is InChI=1S/C18H13Cl3N4O3S2/c1-28-14-5-3-10(20)7-13(14)22-15(26)8-29-18-25-24-17(30-18)23-16(27)11-4-2-9(19)6-12(11)21/h2-7H,8H2,1H3,(H,22,26)(H,23,24,27). The minimum absolute atomic E-state index is 0.0846. The second-order valence-corrected chi connectivity index (χ2v) is 9.11. The van der Waals surface area contributed by atoms with Gasteiger partial charge in [-0.2, -0.15) is 0 Å². The first kappa shape index (κ1) is 22.6.